The highest BCUT2D eigenvalue weighted by Gasteiger charge is 2.08. The summed E-state index contributed by atoms with van der Waals surface area (Å²) in [7, 11) is 0. The molecule has 1 aromatic carbocycles. The average Bonchev–Trinajstić information content (AvgIpc) is 2.97. The number of aromatic nitrogens is 2. The van der Waals surface area contributed by atoms with Crippen molar-refractivity contribution in [2.75, 3.05) is 11.9 Å². The molecule has 0 radical (unpaired) electrons. The van der Waals surface area contributed by atoms with E-state index in [1.54, 1.807) is 17.5 Å². The van der Waals surface area contributed by atoms with Crippen LogP contribution >= 0.6 is 11.3 Å². The van der Waals surface area contributed by atoms with E-state index >= 15 is 0 Å². The Bertz CT molecular complexity index is 708. The third kappa shape index (κ3) is 3.20. The summed E-state index contributed by atoms with van der Waals surface area (Å²) in [6, 6.07) is 12.2. The number of rotatable bonds is 5. The van der Waals surface area contributed by atoms with Crippen LogP contribution in [0.15, 0.2) is 42.6 Å². The molecule has 0 aliphatic heterocycles. The summed E-state index contributed by atoms with van der Waals surface area (Å²) < 4.78 is 1.23. The molecular weight excluding hydrogens is 282 g/mol. The van der Waals surface area contributed by atoms with Crippen molar-refractivity contribution >= 4 is 27.2 Å². The van der Waals surface area contributed by atoms with Crippen LogP contribution < -0.4 is 5.32 Å². The summed E-state index contributed by atoms with van der Waals surface area (Å²) in [6.07, 6.45) is 2.11. The number of hydrogen-bond donors (Lipinski definition) is 2. The number of fused-ring (bicyclic) bond motifs is 1. The maximum absolute atomic E-state index is 9.60. The third-order valence-corrected chi connectivity index (χ3v) is 4.40. The lowest BCUT2D eigenvalue weighted by Crippen LogP contribution is -2.18. The number of aliphatic hydroxyl groups is 1. The van der Waals surface area contributed by atoms with Gasteiger partial charge in [-0.15, -0.1) is 11.3 Å². The van der Waals surface area contributed by atoms with Gasteiger partial charge < -0.3 is 10.4 Å². The molecule has 108 valence electrons. The zero-order valence-corrected chi connectivity index (χ0v) is 12.6. The first-order valence-corrected chi connectivity index (χ1v) is 7.82. The highest BCUT2D eigenvalue weighted by Crippen LogP contribution is 2.31. The fourth-order valence-corrected chi connectivity index (χ4v) is 3.04. The van der Waals surface area contributed by atoms with Gasteiger partial charge in [0, 0.05) is 17.4 Å². The maximum atomic E-state index is 9.60. The molecule has 2 aromatic heterocycles. The number of nitrogens with one attached hydrogen (secondary N) is 1. The number of thiophene rings is 1. The van der Waals surface area contributed by atoms with Crippen molar-refractivity contribution in [3.63, 3.8) is 0 Å². The zero-order valence-electron chi connectivity index (χ0n) is 11.8. The molecular formula is C16H17N3OS. The second-order valence-electron chi connectivity index (χ2n) is 4.86. The van der Waals surface area contributed by atoms with Crippen molar-refractivity contribution in [2.24, 2.45) is 0 Å². The first-order valence-electron chi connectivity index (χ1n) is 7.00. The van der Waals surface area contributed by atoms with E-state index in [0.717, 1.165) is 17.1 Å². The number of nitrogens with zero attached hydrogens (tertiary/aromatic N) is 2. The van der Waals surface area contributed by atoms with Gasteiger partial charge in [-0.2, -0.15) is 0 Å². The van der Waals surface area contributed by atoms with Gasteiger partial charge in [-0.3, -0.25) is 0 Å². The molecule has 2 N–H and O–H groups in total. The van der Waals surface area contributed by atoms with Crippen LogP contribution in [0.25, 0.3) is 20.8 Å². The molecule has 3 rings (SSSR count). The standard InChI is InChI=1S/C16H17N3OS/c1-2-12(20)10-18-15-7-8-17-16(19-15)14-9-11-5-3-4-6-13(11)21-14/h3-9,12,20H,2,10H2,1H3,(H,17,18,19). The van der Waals surface area contributed by atoms with Crippen molar-refractivity contribution < 1.29 is 5.11 Å². The fourth-order valence-electron chi connectivity index (χ4n) is 2.03. The van der Waals surface area contributed by atoms with Crippen molar-refractivity contribution in [3.05, 3.63) is 42.6 Å². The molecule has 21 heavy (non-hydrogen) atoms. The van der Waals surface area contributed by atoms with E-state index in [0.29, 0.717) is 12.4 Å². The lowest BCUT2D eigenvalue weighted by Gasteiger charge is -2.10. The van der Waals surface area contributed by atoms with E-state index in [2.05, 4.69) is 33.5 Å². The van der Waals surface area contributed by atoms with Crippen molar-refractivity contribution in [3.8, 4) is 10.7 Å². The molecule has 1 unspecified atom stereocenters. The van der Waals surface area contributed by atoms with Crippen molar-refractivity contribution in [1.29, 1.82) is 0 Å². The average molecular weight is 299 g/mol. The molecule has 4 nitrogen and oxygen atoms in total. The first kappa shape index (κ1) is 14.0. The van der Waals surface area contributed by atoms with Crippen LogP contribution in [0.1, 0.15) is 13.3 Å². The summed E-state index contributed by atoms with van der Waals surface area (Å²) in [5, 5.41) is 13.9. The fraction of sp³-hybridized carbons (Fsp3) is 0.250. The molecule has 0 fully saturated rings. The number of anilines is 1. The molecule has 0 aliphatic carbocycles. The normalized spacial score (nSPS) is 12.5. The monoisotopic (exact) mass is 299 g/mol. The Morgan fingerprint density at radius 3 is 2.95 bits per heavy atom. The van der Waals surface area contributed by atoms with Gasteiger partial charge >= 0.3 is 0 Å². The van der Waals surface area contributed by atoms with Crippen LogP contribution in [0.2, 0.25) is 0 Å². The number of hydrogen-bond acceptors (Lipinski definition) is 5. The Morgan fingerprint density at radius 1 is 1.29 bits per heavy atom. The Hall–Kier alpha value is -1.98. The van der Waals surface area contributed by atoms with Crippen LogP contribution in [-0.4, -0.2) is 27.7 Å². The van der Waals surface area contributed by atoms with E-state index < -0.39 is 0 Å². The Labute approximate surface area is 127 Å². The highest BCUT2D eigenvalue weighted by atomic mass is 32.1. The molecule has 0 spiro atoms. The second kappa shape index (κ2) is 6.20. The molecule has 3 aromatic rings. The predicted octanol–water partition coefficient (Wildman–Crippen LogP) is 3.54. The lowest BCUT2D eigenvalue weighted by atomic mass is 10.2. The van der Waals surface area contributed by atoms with E-state index in [1.165, 1.54) is 10.1 Å². The summed E-state index contributed by atoms with van der Waals surface area (Å²) in [4.78, 5) is 9.92. The summed E-state index contributed by atoms with van der Waals surface area (Å²) >= 11 is 1.69. The lowest BCUT2D eigenvalue weighted by molar-refractivity contribution is 0.183. The quantitative estimate of drug-likeness (QED) is 0.756. The highest BCUT2D eigenvalue weighted by molar-refractivity contribution is 7.22. The zero-order chi connectivity index (χ0) is 14.7. The Morgan fingerprint density at radius 2 is 2.14 bits per heavy atom. The molecule has 0 amide bonds. The summed E-state index contributed by atoms with van der Waals surface area (Å²) in [5.41, 5.74) is 0. The Kier molecular flexibility index (Phi) is 4.13. The van der Waals surface area contributed by atoms with Gasteiger partial charge in [-0.25, -0.2) is 9.97 Å². The van der Waals surface area contributed by atoms with Crippen LogP contribution in [0.3, 0.4) is 0 Å². The molecule has 0 aliphatic rings. The molecule has 0 saturated heterocycles. The van der Waals surface area contributed by atoms with Crippen LogP contribution in [0, 0.1) is 0 Å². The van der Waals surface area contributed by atoms with Crippen molar-refractivity contribution in [1.82, 2.24) is 9.97 Å². The molecule has 2 heterocycles. The van der Waals surface area contributed by atoms with Gasteiger partial charge in [0.2, 0.25) is 0 Å². The minimum absolute atomic E-state index is 0.354. The number of aliphatic hydroxyl groups excluding tert-OH is 1. The van der Waals surface area contributed by atoms with Crippen LogP contribution in [-0.2, 0) is 0 Å². The minimum Gasteiger partial charge on any atom is -0.391 e. The van der Waals surface area contributed by atoms with Crippen LogP contribution in [0.4, 0.5) is 5.82 Å². The van der Waals surface area contributed by atoms with E-state index in [1.807, 2.05) is 25.1 Å². The largest absolute Gasteiger partial charge is 0.391 e. The molecule has 1 atom stereocenters. The van der Waals surface area contributed by atoms with Crippen molar-refractivity contribution in [2.45, 2.75) is 19.4 Å². The number of benzene rings is 1. The first-order chi connectivity index (χ1) is 10.3. The minimum atomic E-state index is -0.354. The Balaban J connectivity index is 1.85. The molecule has 0 saturated carbocycles. The smallest absolute Gasteiger partial charge is 0.171 e. The van der Waals surface area contributed by atoms with Crippen LogP contribution in [0.5, 0.6) is 0 Å². The van der Waals surface area contributed by atoms with E-state index in [9.17, 15) is 5.11 Å². The van der Waals surface area contributed by atoms with Gasteiger partial charge in [0.1, 0.15) is 5.82 Å². The predicted molar refractivity (Wildman–Crippen MR) is 87.6 cm³/mol. The van der Waals surface area contributed by atoms with Gasteiger partial charge in [0.25, 0.3) is 0 Å². The van der Waals surface area contributed by atoms with Gasteiger partial charge in [-0.05, 0) is 30.0 Å². The second-order valence-corrected chi connectivity index (χ2v) is 5.94. The summed E-state index contributed by atoms with van der Waals surface area (Å²) in [5.74, 6) is 1.46. The third-order valence-electron chi connectivity index (χ3n) is 3.29. The molecule has 5 heteroatoms. The van der Waals surface area contributed by atoms with E-state index in [4.69, 9.17) is 0 Å². The summed E-state index contributed by atoms with van der Waals surface area (Å²) in [6.45, 7) is 2.45. The topological polar surface area (TPSA) is 58.0 Å². The van der Waals surface area contributed by atoms with Gasteiger partial charge in [0.05, 0.1) is 11.0 Å². The van der Waals surface area contributed by atoms with E-state index in [-0.39, 0.29) is 6.10 Å². The SMILES string of the molecule is CCC(O)CNc1ccnc(-c2cc3ccccc3s2)n1. The van der Waals surface area contributed by atoms with Gasteiger partial charge in [0.15, 0.2) is 5.82 Å². The maximum Gasteiger partial charge on any atom is 0.171 e. The van der Waals surface area contributed by atoms with Gasteiger partial charge in [-0.1, -0.05) is 25.1 Å². The molecule has 0 bridgehead atoms.